The lowest BCUT2D eigenvalue weighted by atomic mass is 10.0. The van der Waals surface area contributed by atoms with Gasteiger partial charge in [-0.25, -0.2) is 9.36 Å². The molecule has 2 aromatic carbocycles. The molecule has 0 N–H and O–H groups in total. The van der Waals surface area contributed by atoms with Crippen molar-refractivity contribution in [2.75, 3.05) is 19.0 Å². The number of aromatic nitrogens is 1. The van der Waals surface area contributed by atoms with E-state index in [2.05, 4.69) is 53.0 Å². The van der Waals surface area contributed by atoms with Crippen LogP contribution in [0.4, 0.5) is 5.69 Å². The lowest BCUT2D eigenvalue weighted by Gasteiger charge is -2.10. The second-order valence-electron chi connectivity index (χ2n) is 8.87. The number of pyridine rings is 1. The van der Waals surface area contributed by atoms with Crippen LogP contribution in [0.3, 0.4) is 0 Å². The van der Waals surface area contributed by atoms with Crippen molar-refractivity contribution in [3.63, 3.8) is 0 Å². The number of carbonyl (C=O) groups is 1. The first kappa shape index (κ1) is 24.5. The zero-order chi connectivity index (χ0) is 23.5. The summed E-state index contributed by atoms with van der Waals surface area (Å²) >= 11 is 0. The Hall–Kier alpha value is -3.14. The van der Waals surface area contributed by atoms with Gasteiger partial charge in [-0.3, -0.25) is 0 Å². The predicted molar refractivity (Wildman–Crippen MR) is 135 cm³/mol. The molecule has 3 aromatic rings. The summed E-state index contributed by atoms with van der Waals surface area (Å²) in [4.78, 5) is 14.6. The topological polar surface area (TPSA) is 33.4 Å². The summed E-state index contributed by atoms with van der Waals surface area (Å²) in [6.07, 6.45) is 13.0. The van der Waals surface area contributed by atoms with Gasteiger partial charge in [0.1, 0.15) is 5.75 Å². The molecule has 0 saturated heterocycles. The molecule has 0 aliphatic heterocycles. The van der Waals surface area contributed by atoms with E-state index in [0.717, 1.165) is 18.5 Å². The molecule has 0 unspecified atom stereocenters. The van der Waals surface area contributed by atoms with Gasteiger partial charge in [-0.1, -0.05) is 63.3 Å². The highest BCUT2D eigenvalue weighted by atomic mass is 16.5. The minimum absolute atomic E-state index is 0.326. The summed E-state index contributed by atoms with van der Waals surface area (Å²) in [6.45, 7) is 3.00. The highest BCUT2D eigenvalue weighted by molar-refractivity contribution is 5.91. The quantitative estimate of drug-likeness (QED) is 0.144. The van der Waals surface area contributed by atoms with Crippen LogP contribution in [-0.4, -0.2) is 20.1 Å². The Morgan fingerprint density at radius 3 is 2.03 bits per heavy atom. The number of carbonyl (C=O) groups excluding carboxylic acids is 1. The standard InChI is InChI=1S/C29H37N2O2/c1-4-5-6-7-8-9-10-24-13-17-28(18-14-24)33-29(32)26-15-11-25(12-16-26)23-31-21-19-27(20-22-31)30(2)3/h11-22H,4-10,23H2,1-3H3/q+1. The molecule has 1 heterocycles. The van der Waals surface area contributed by atoms with Gasteiger partial charge in [-0.2, -0.15) is 0 Å². The molecule has 0 aliphatic carbocycles. The molecule has 0 fully saturated rings. The normalized spacial score (nSPS) is 10.8. The molecular formula is C29H37N2O2+. The molecule has 4 heteroatoms. The number of aryl methyl sites for hydroxylation is 1. The molecule has 0 amide bonds. The van der Waals surface area contributed by atoms with Crippen LogP contribution < -0.4 is 14.2 Å². The summed E-state index contributed by atoms with van der Waals surface area (Å²) in [6, 6.07) is 19.7. The summed E-state index contributed by atoms with van der Waals surface area (Å²) in [5.74, 6) is 0.264. The van der Waals surface area contributed by atoms with Crippen LogP contribution in [0.25, 0.3) is 0 Å². The van der Waals surface area contributed by atoms with Crippen molar-refractivity contribution in [3.05, 3.63) is 89.7 Å². The first-order valence-electron chi connectivity index (χ1n) is 12.1. The van der Waals surface area contributed by atoms with E-state index in [4.69, 9.17) is 4.74 Å². The van der Waals surface area contributed by atoms with Crippen LogP contribution in [0, 0.1) is 0 Å². The fourth-order valence-corrected chi connectivity index (χ4v) is 3.81. The van der Waals surface area contributed by atoms with Crippen LogP contribution in [0.2, 0.25) is 0 Å². The molecule has 1 aromatic heterocycles. The minimum atomic E-state index is -0.326. The lowest BCUT2D eigenvalue weighted by Crippen LogP contribution is -2.33. The van der Waals surface area contributed by atoms with E-state index in [-0.39, 0.29) is 5.97 Å². The van der Waals surface area contributed by atoms with E-state index in [1.54, 1.807) is 0 Å². The number of ether oxygens (including phenoxy) is 1. The number of anilines is 1. The second-order valence-corrected chi connectivity index (χ2v) is 8.87. The molecule has 33 heavy (non-hydrogen) atoms. The Balaban J connectivity index is 1.47. The zero-order valence-corrected chi connectivity index (χ0v) is 20.3. The van der Waals surface area contributed by atoms with Gasteiger partial charge >= 0.3 is 5.97 Å². The van der Waals surface area contributed by atoms with Crippen molar-refractivity contribution in [3.8, 4) is 5.75 Å². The maximum Gasteiger partial charge on any atom is 0.343 e. The van der Waals surface area contributed by atoms with Crippen LogP contribution >= 0.6 is 0 Å². The minimum Gasteiger partial charge on any atom is -0.423 e. The van der Waals surface area contributed by atoms with E-state index in [1.807, 2.05) is 50.5 Å². The molecule has 0 aliphatic rings. The largest absolute Gasteiger partial charge is 0.423 e. The average molecular weight is 446 g/mol. The van der Waals surface area contributed by atoms with Crippen LogP contribution in [-0.2, 0) is 13.0 Å². The molecule has 0 atom stereocenters. The Bertz CT molecular complexity index is 978. The third kappa shape index (κ3) is 8.05. The molecule has 3 rings (SSSR count). The van der Waals surface area contributed by atoms with Crippen molar-refractivity contribution >= 4 is 11.7 Å². The monoisotopic (exact) mass is 445 g/mol. The van der Waals surface area contributed by atoms with Crippen LogP contribution in [0.5, 0.6) is 5.75 Å². The predicted octanol–water partition coefficient (Wildman–Crippen LogP) is 6.21. The number of rotatable bonds is 12. The first-order chi connectivity index (χ1) is 16.0. The molecule has 0 radical (unpaired) electrons. The molecule has 0 spiro atoms. The zero-order valence-electron chi connectivity index (χ0n) is 20.3. The van der Waals surface area contributed by atoms with E-state index in [0.29, 0.717) is 11.3 Å². The highest BCUT2D eigenvalue weighted by Gasteiger charge is 2.10. The van der Waals surface area contributed by atoms with E-state index in [1.165, 1.54) is 49.8 Å². The lowest BCUT2D eigenvalue weighted by molar-refractivity contribution is -0.688. The van der Waals surface area contributed by atoms with Crippen molar-refractivity contribution in [2.24, 2.45) is 0 Å². The Morgan fingerprint density at radius 2 is 1.39 bits per heavy atom. The van der Waals surface area contributed by atoms with Crippen molar-refractivity contribution < 1.29 is 14.1 Å². The van der Waals surface area contributed by atoms with Gasteiger partial charge in [0, 0.05) is 37.5 Å². The highest BCUT2D eigenvalue weighted by Crippen LogP contribution is 2.17. The average Bonchev–Trinajstić information content (AvgIpc) is 2.83. The van der Waals surface area contributed by atoms with Gasteiger partial charge in [0.15, 0.2) is 18.9 Å². The van der Waals surface area contributed by atoms with E-state index in [9.17, 15) is 4.79 Å². The fraction of sp³-hybridized carbons (Fsp3) is 0.379. The second kappa shape index (κ2) is 12.8. The number of nitrogens with zero attached hydrogens (tertiary/aromatic N) is 2. The van der Waals surface area contributed by atoms with Crippen molar-refractivity contribution in [2.45, 2.75) is 58.4 Å². The number of hydrogen-bond donors (Lipinski definition) is 0. The number of unbranched alkanes of at least 4 members (excludes halogenated alkanes) is 5. The Kier molecular flexibility index (Phi) is 9.49. The van der Waals surface area contributed by atoms with Gasteiger partial charge < -0.3 is 9.64 Å². The van der Waals surface area contributed by atoms with Gasteiger partial charge in [0.25, 0.3) is 0 Å². The number of hydrogen-bond acceptors (Lipinski definition) is 3. The molecule has 0 saturated carbocycles. The summed E-state index contributed by atoms with van der Waals surface area (Å²) in [5, 5.41) is 0. The summed E-state index contributed by atoms with van der Waals surface area (Å²) in [5.41, 5.74) is 4.15. The smallest absolute Gasteiger partial charge is 0.343 e. The van der Waals surface area contributed by atoms with Crippen LogP contribution in [0.15, 0.2) is 73.1 Å². The summed E-state index contributed by atoms with van der Waals surface area (Å²) < 4.78 is 7.69. The molecule has 4 nitrogen and oxygen atoms in total. The Labute approximate surface area is 198 Å². The SMILES string of the molecule is CCCCCCCCc1ccc(OC(=O)c2ccc(C[n+]3ccc(N(C)C)cc3)cc2)cc1. The van der Waals surface area contributed by atoms with Gasteiger partial charge in [0.2, 0.25) is 0 Å². The fourth-order valence-electron chi connectivity index (χ4n) is 3.81. The Morgan fingerprint density at radius 1 is 0.788 bits per heavy atom. The maximum absolute atomic E-state index is 12.5. The van der Waals surface area contributed by atoms with E-state index >= 15 is 0 Å². The first-order valence-corrected chi connectivity index (χ1v) is 12.1. The molecule has 174 valence electrons. The van der Waals surface area contributed by atoms with Gasteiger partial charge in [-0.05, 0) is 42.7 Å². The molecular weight excluding hydrogens is 408 g/mol. The van der Waals surface area contributed by atoms with Crippen molar-refractivity contribution in [1.29, 1.82) is 0 Å². The number of esters is 1. The number of benzene rings is 2. The third-order valence-electron chi connectivity index (χ3n) is 5.90. The van der Waals surface area contributed by atoms with Gasteiger partial charge in [-0.15, -0.1) is 0 Å². The van der Waals surface area contributed by atoms with Crippen molar-refractivity contribution in [1.82, 2.24) is 0 Å². The van der Waals surface area contributed by atoms with Crippen LogP contribution in [0.1, 0.15) is 66.9 Å². The maximum atomic E-state index is 12.5. The van der Waals surface area contributed by atoms with Gasteiger partial charge in [0.05, 0.1) is 5.56 Å². The molecule has 0 bridgehead atoms. The summed E-state index contributed by atoms with van der Waals surface area (Å²) in [7, 11) is 4.06. The third-order valence-corrected chi connectivity index (χ3v) is 5.90. The van der Waals surface area contributed by atoms with E-state index < -0.39 is 0 Å².